The Kier molecular flexibility index (Phi) is 5.23. The van der Waals surface area contributed by atoms with E-state index in [-0.39, 0.29) is 30.0 Å². The van der Waals surface area contributed by atoms with Crippen LogP contribution in [0.3, 0.4) is 0 Å². The van der Waals surface area contributed by atoms with Gasteiger partial charge in [-0.1, -0.05) is 31.2 Å². The molecular formula is C24H22N2O4. The monoisotopic (exact) mass is 402 g/mol. The second-order valence-corrected chi connectivity index (χ2v) is 7.33. The van der Waals surface area contributed by atoms with E-state index in [9.17, 15) is 14.4 Å². The van der Waals surface area contributed by atoms with Crippen molar-refractivity contribution in [3.05, 3.63) is 94.4 Å². The first-order valence-electron chi connectivity index (χ1n) is 9.90. The van der Waals surface area contributed by atoms with Crippen LogP contribution < -0.4 is 5.32 Å². The minimum atomic E-state index is -0.427. The lowest BCUT2D eigenvalue weighted by molar-refractivity contribution is 0.0631. The van der Waals surface area contributed by atoms with Crippen LogP contribution in [-0.4, -0.2) is 22.6 Å². The number of carbonyl (C=O) groups is 3. The fourth-order valence-electron chi connectivity index (χ4n) is 3.54. The van der Waals surface area contributed by atoms with Crippen LogP contribution in [0.5, 0.6) is 0 Å². The van der Waals surface area contributed by atoms with Gasteiger partial charge < -0.3 is 9.73 Å². The Bertz CT molecular complexity index is 1100. The van der Waals surface area contributed by atoms with Gasteiger partial charge in [0.15, 0.2) is 0 Å². The van der Waals surface area contributed by atoms with E-state index in [0.29, 0.717) is 16.9 Å². The minimum absolute atomic E-state index is 0.0612. The molecule has 1 atom stereocenters. The molecule has 30 heavy (non-hydrogen) atoms. The number of amides is 3. The van der Waals surface area contributed by atoms with Crippen molar-refractivity contribution in [3.63, 3.8) is 0 Å². The van der Waals surface area contributed by atoms with E-state index in [1.54, 1.807) is 18.2 Å². The number of aryl methyl sites for hydroxylation is 1. The average Bonchev–Trinajstić information content (AvgIpc) is 3.36. The lowest BCUT2D eigenvalue weighted by Gasteiger charge is -2.15. The third-order valence-electron chi connectivity index (χ3n) is 5.36. The van der Waals surface area contributed by atoms with Crippen LogP contribution in [0.1, 0.15) is 67.9 Å². The highest BCUT2D eigenvalue weighted by Crippen LogP contribution is 2.26. The Morgan fingerprint density at radius 1 is 1.03 bits per heavy atom. The highest BCUT2D eigenvalue weighted by atomic mass is 16.3. The molecule has 1 unspecified atom stereocenters. The number of fused-ring (bicyclic) bond motifs is 1. The van der Waals surface area contributed by atoms with E-state index in [1.807, 2.05) is 31.2 Å². The SMILES string of the molecule is CCc1ccc(C(C)NC(=O)c2ccc3c(c2)C(=O)N(Cc2ccco2)C3=O)cc1. The van der Waals surface area contributed by atoms with Crippen LogP contribution >= 0.6 is 0 Å². The van der Waals surface area contributed by atoms with Crippen molar-refractivity contribution in [2.24, 2.45) is 0 Å². The number of hydrogen-bond acceptors (Lipinski definition) is 4. The van der Waals surface area contributed by atoms with Crippen LogP contribution in [0.25, 0.3) is 0 Å². The third kappa shape index (κ3) is 3.64. The Morgan fingerprint density at radius 3 is 2.43 bits per heavy atom. The van der Waals surface area contributed by atoms with Crippen LogP contribution in [0, 0.1) is 0 Å². The van der Waals surface area contributed by atoms with Crippen molar-refractivity contribution in [1.82, 2.24) is 10.2 Å². The molecule has 0 fully saturated rings. The number of nitrogens with zero attached hydrogens (tertiary/aromatic N) is 1. The molecule has 0 aliphatic carbocycles. The highest BCUT2D eigenvalue weighted by molar-refractivity contribution is 6.22. The number of nitrogens with one attached hydrogen (secondary N) is 1. The van der Waals surface area contributed by atoms with E-state index in [2.05, 4.69) is 12.2 Å². The molecule has 2 heterocycles. The molecule has 152 valence electrons. The number of benzene rings is 2. The van der Waals surface area contributed by atoms with Gasteiger partial charge in [0.2, 0.25) is 0 Å². The maximum atomic E-state index is 12.7. The van der Waals surface area contributed by atoms with Crippen LogP contribution in [0.15, 0.2) is 65.3 Å². The quantitative estimate of drug-likeness (QED) is 0.629. The molecule has 0 radical (unpaired) electrons. The summed E-state index contributed by atoms with van der Waals surface area (Å²) in [4.78, 5) is 39.2. The molecule has 6 heteroatoms. The lowest BCUT2D eigenvalue weighted by atomic mass is 10.0. The second kappa shape index (κ2) is 7.99. The maximum absolute atomic E-state index is 12.7. The molecule has 2 aromatic carbocycles. The summed E-state index contributed by atoms with van der Waals surface area (Å²) in [5, 5.41) is 2.95. The zero-order chi connectivity index (χ0) is 21.3. The fourth-order valence-corrected chi connectivity index (χ4v) is 3.54. The predicted molar refractivity (Wildman–Crippen MR) is 111 cm³/mol. The van der Waals surface area contributed by atoms with Gasteiger partial charge in [0.05, 0.1) is 30.0 Å². The molecule has 0 bridgehead atoms. The molecule has 1 aromatic heterocycles. The molecule has 1 N–H and O–H groups in total. The van der Waals surface area contributed by atoms with Crippen molar-refractivity contribution in [2.45, 2.75) is 32.9 Å². The van der Waals surface area contributed by atoms with Crippen molar-refractivity contribution >= 4 is 17.7 Å². The molecule has 3 aromatic rings. The van der Waals surface area contributed by atoms with Gasteiger partial charge >= 0.3 is 0 Å². The number of furan rings is 1. The predicted octanol–water partition coefficient (Wildman–Crippen LogP) is 4.13. The van der Waals surface area contributed by atoms with Crippen LogP contribution in [-0.2, 0) is 13.0 Å². The smallest absolute Gasteiger partial charge is 0.261 e. The van der Waals surface area contributed by atoms with Crippen molar-refractivity contribution in [1.29, 1.82) is 0 Å². The van der Waals surface area contributed by atoms with E-state index < -0.39 is 5.91 Å². The van der Waals surface area contributed by atoms with Gasteiger partial charge in [-0.15, -0.1) is 0 Å². The molecule has 6 nitrogen and oxygen atoms in total. The lowest BCUT2D eigenvalue weighted by Crippen LogP contribution is -2.29. The summed E-state index contributed by atoms with van der Waals surface area (Å²) in [6, 6.07) is 15.9. The number of imide groups is 1. The van der Waals surface area contributed by atoms with Gasteiger partial charge in [-0.2, -0.15) is 0 Å². The summed E-state index contributed by atoms with van der Waals surface area (Å²) >= 11 is 0. The molecule has 0 saturated carbocycles. The molecule has 4 rings (SSSR count). The third-order valence-corrected chi connectivity index (χ3v) is 5.36. The number of rotatable bonds is 6. The van der Waals surface area contributed by atoms with Gasteiger partial charge in [-0.05, 0) is 54.8 Å². The number of hydrogen-bond donors (Lipinski definition) is 1. The van der Waals surface area contributed by atoms with E-state index in [4.69, 9.17) is 4.42 Å². The van der Waals surface area contributed by atoms with Crippen LogP contribution in [0.2, 0.25) is 0 Å². The summed E-state index contributed by atoms with van der Waals surface area (Å²) in [5.74, 6) is -0.591. The summed E-state index contributed by atoms with van der Waals surface area (Å²) < 4.78 is 5.24. The van der Waals surface area contributed by atoms with E-state index in [0.717, 1.165) is 16.9 Å². The van der Waals surface area contributed by atoms with Crippen molar-refractivity contribution in [3.8, 4) is 0 Å². The Balaban J connectivity index is 1.50. The normalized spacial score (nSPS) is 14.0. The van der Waals surface area contributed by atoms with E-state index >= 15 is 0 Å². The first-order valence-corrected chi connectivity index (χ1v) is 9.90. The summed E-state index contributed by atoms with van der Waals surface area (Å²) in [5.41, 5.74) is 3.10. The average molecular weight is 402 g/mol. The molecule has 1 aliphatic heterocycles. The van der Waals surface area contributed by atoms with Gasteiger partial charge in [-0.25, -0.2) is 0 Å². The van der Waals surface area contributed by atoms with Gasteiger partial charge in [0, 0.05) is 5.56 Å². The van der Waals surface area contributed by atoms with Gasteiger partial charge in [-0.3, -0.25) is 19.3 Å². The second-order valence-electron chi connectivity index (χ2n) is 7.33. The summed E-state index contributed by atoms with van der Waals surface area (Å²) in [6.07, 6.45) is 2.45. The Hall–Kier alpha value is -3.67. The first-order chi connectivity index (χ1) is 14.5. The van der Waals surface area contributed by atoms with Crippen LogP contribution in [0.4, 0.5) is 0 Å². The molecule has 1 aliphatic rings. The Morgan fingerprint density at radius 2 is 1.77 bits per heavy atom. The number of carbonyl (C=O) groups excluding carboxylic acids is 3. The summed E-state index contributed by atoms with van der Waals surface area (Å²) in [7, 11) is 0. The molecule has 3 amide bonds. The zero-order valence-electron chi connectivity index (χ0n) is 16.8. The molecular weight excluding hydrogens is 380 g/mol. The first kappa shape index (κ1) is 19.6. The van der Waals surface area contributed by atoms with Crippen molar-refractivity contribution < 1.29 is 18.8 Å². The minimum Gasteiger partial charge on any atom is -0.467 e. The fraction of sp³-hybridized carbons (Fsp3) is 0.208. The highest BCUT2D eigenvalue weighted by Gasteiger charge is 2.36. The summed E-state index contributed by atoms with van der Waals surface area (Å²) in [6.45, 7) is 4.06. The van der Waals surface area contributed by atoms with Crippen molar-refractivity contribution in [2.75, 3.05) is 0 Å². The largest absolute Gasteiger partial charge is 0.467 e. The van der Waals surface area contributed by atoms with E-state index in [1.165, 1.54) is 24.0 Å². The molecule has 0 saturated heterocycles. The standard InChI is InChI=1S/C24H22N2O4/c1-3-16-6-8-17(9-7-16)15(2)25-22(27)18-10-11-20-21(13-18)24(29)26(23(20)28)14-19-5-4-12-30-19/h4-13,15H,3,14H2,1-2H3,(H,25,27). The topological polar surface area (TPSA) is 79.6 Å². The Labute approximate surface area is 174 Å². The maximum Gasteiger partial charge on any atom is 0.261 e. The van der Waals surface area contributed by atoms with Gasteiger partial charge in [0.1, 0.15) is 5.76 Å². The zero-order valence-corrected chi connectivity index (χ0v) is 16.8. The molecule has 0 spiro atoms. The van der Waals surface area contributed by atoms with Gasteiger partial charge in [0.25, 0.3) is 17.7 Å².